The number of hydrogen-bond donors (Lipinski definition) is 1. The molecule has 0 unspecified atom stereocenters. The minimum Gasteiger partial charge on any atom is -0.508 e. The van der Waals surface area contributed by atoms with Crippen LogP contribution in [0.15, 0.2) is 66.8 Å². The van der Waals surface area contributed by atoms with E-state index in [2.05, 4.69) is 38.2 Å². The zero-order chi connectivity index (χ0) is 45.1. The second kappa shape index (κ2) is 41.1. The van der Waals surface area contributed by atoms with E-state index in [0.717, 1.165) is 43.2 Å². The summed E-state index contributed by atoms with van der Waals surface area (Å²) < 4.78 is 11.2. The Morgan fingerprint density at radius 1 is 0.397 bits per heavy atom. The Hall–Kier alpha value is -3.60. The molecule has 2 aromatic rings. The number of carbonyl (C=O) groups is 2. The molecule has 0 spiro atoms. The van der Waals surface area contributed by atoms with Crippen LogP contribution in [-0.4, -0.2) is 17.0 Å². The molecule has 0 heterocycles. The first-order chi connectivity index (χ1) is 31.0. The molecule has 0 aliphatic rings. The zero-order valence-corrected chi connectivity index (χ0v) is 40.5. The van der Waals surface area contributed by atoms with Crippen LogP contribution in [0.4, 0.5) is 0 Å². The van der Waals surface area contributed by atoms with Crippen molar-refractivity contribution in [1.82, 2.24) is 0 Å². The summed E-state index contributed by atoms with van der Waals surface area (Å²) in [6, 6.07) is 12.3. The van der Waals surface area contributed by atoms with Crippen molar-refractivity contribution in [3.05, 3.63) is 77.9 Å². The van der Waals surface area contributed by atoms with Gasteiger partial charge in [-0.15, -0.1) is 0 Å². The van der Waals surface area contributed by atoms with Crippen LogP contribution >= 0.6 is 0 Å². The summed E-state index contributed by atoms with van der Waals surface area (Å²) in [6.45, 7) is 4.55. The van der Waals surface area contributed by atoms with Crippen molar-refractivity contribution < 1.29 is 24.2 Å². The summed E-state index contributed by atoms with van der Waals surface area (Å²) in [7, 11) is 0. The second-order valence-corrected chi connectivity index (χ2v) is 18.1. The molecular formula is C58H92O5. The van der Waals surface area contributed by atoms with Gasteiger partial charge in [0.1, 0.15) is 17.2 Å². The molecule has 0 aromatic heterocycles. The lowest BCUT2D eigenvalue weighted by atomic mass is 10.1. The predicted octanol–water partition coefficient (Wildman–Crippen LogP) is 18.6. The molecule has 1 N–H and O–H groups in total. The molecule has 0 atom stereocenters. The Kier molecular flexibility index (Phi) is 36.3. The number of carbonyl (C=O) groups excluding carboxylic acids is 2. The first-order valence-electron chi connectivity index (χ1n) is 26.3. The third-order valence-corrected chi connectivity index (χ3v) is 12.0. The minimum absolute atomic E-state index is 0.0465. The van der Waals surface area contributed by atoms with Gasteiger partial charge in [0, 0.05) is 18.9 Å². The number of benzene rings is 2. The highest BCUT2D eigenvalue weighted by molar-refractivity contribution is 5.75. The molecule has 0 fully saturated rings. The molecule has 63 heavy (non-hydrogen) atoms. The van der Waals surface area contributed by atoms with Crippen molar-refractivity contribution in [2.24, 2.45) is 0 Å². The van der Waals surface area contributed by atoms with Gasteiger partial charge in [0.05, 0.1) is 0 Å². The SMILES string of the molecule is CCCCCCCC/C=C\CCCCCCCCCCCC(=O)Oc1ccc(C=Cc2cc(O)cc(OC(=O)CCCCCCCCCCC/C=C\CCCCCCCC)c2)cc1. The molecule has 354 valence electrons. The molecule has 2 aromatic carbocycles. The Labute approximate surface area is 387 Å². The molecular weight excluding hydrogens is 777 g/mol. The number of rotatable bonds is 42. The van der Waals surface area contributed by atoms with Crippen molar-refractivity contribution in [1.29, 1.82) is 0 Å². The maximum absolute atomic E-state index is 12.5. The van der Waals surface area contributed by atoms with Gasteiger partial charge in [-0.1, -0.05) is 217 Å². The molecule has 5 heteroatoms. The van der Waals surface area contributed by atoms with E-state index >= 15 is 0 Å². The van der Waals surface area contributed by atoms with Gasteiger partial charge in [0.25, 0.3) is 0 Å². The van der Waals surface area contributed by atoms with E-state index in [9.17, 15) is 14.7 Å². The van der Waals surface area contributed by atoms with Crippen LogP contribution in [0.2, 0.25) is 0 Å². The van der Waals surface area contributed by atoms with Crippen molar-refractivity contribution in [3.63, 3.8) is 0 Å². The molecule has 0 aliphatic heterocycles. The topological polar surface area (TPSA) is 72.8 Å². The third-order valence-electron chi connectivity index (χ3n) is 12.0. The van der Waals surface area contributed by atoms with Gasteiger partial charge >= 0.3 is 11.9 Å². The van der Waals surface area contributed by atoms with Crippen molar-refractivity contribution in [2.45, 2.75) is 245 Å². The fourth-order valence-electron chi connectivity index (χ4n) is 8.06. The third kappa shape index (κ3) is 34.5. The number of phenolic OH excluding ortho intramolecular Hbond substituents is 1. The lowest BCUT2D eigenvalue weighted by molar-refractivity contribution is -0.135. The van der Waals surface area contributed by atoms with Crippen molar-refractivity contribution in [2.75, 3.05) is 0 Å². The summed E-state index contributed by atoms with van der Waals surface area (Å²) in [5.74, 6) is 0.480. The molecule has 5 nitrogen and oxygen atoms in total. The zero-order valence-electron chi connectivity index (χ0n) is 40.5. The highest BCUT2D eigenvalue weighted by Gasteiger charge is 2.08. The van der Waals surface area contributed by atoms with Gasteiger partial charge in [-0.3, -0.25) is 9.59 Å². The van der Waals surface area contributed by atoms with Crippen LogP contribution in [0.3, 0.4) is 0 Å². The van der Waals surface area contributed by atoms with Crippen LogP contribution in [0.25, 0.3) is 12.2 Å². The predicted molar refractivity (Wildman–Crippen MR) is 271 cm³/mol. The largest absolute Gasteiger partial charge is 0.508 e. The number of aromatic hydroxyl groups is 1. The number of unbranched alkanes of at least 4 members (excludes halogenated alkanes) is 30. The highest BCUT2D eigenvalue weighted by atomic mass is 16.5. The Morgan fingerprint density at radius 3 is 1.13 bits per heavy atom. The molecule has 0 saturated carbocycles. The maximum atomic E-state index is 12.5. The summed E-state index contributed by atoms with van der Waals surface area (Å²) in [4.78, 5) is 25.0. The van der Waals surface area contributed by atoms with Crippen LogP contribution in [0, 0.1) is 0 Å². The number of esters is 2. The summed E-state index contributed by atoms with van der Waals surface area (Å²) >= 11 is 0. The normalized spacial score (nSPS) is 11.7. The van der Waals surface area contributed by atoms with Gasteiger partial charge in [0.2, 0.25) is 0 Å². The first kappa shape index (κ1) is 55.5. The monoisotopic (exact) mass is 869 g/mol. The summed E-state index contributed by atoms with van der Waals surface area (Å²) in [5.41, 5.74) is 1.65. The Morgan fingerprint density at radius 2 is 0.730 bits per heavy atom. The number of hydrogen-bond acceptors (Lipinski definition) is 5. The van der Waals surface area contributed by atoms with E-state index in [1.807, 2.05) is 24.3 Å². The van der Waals surface area contributed by atoms with E-state index in [0.29, 0.717) is 24.3 Å². The van der Waals surface area contributed by atoms with Crippen LogP contribution in [0.1, 0.15) is 256 Å². The molecule has 0 radical (unpaired) electrons. The fourth-order valence-corrected chi connectivity index (χ4v) is 8.06. The molecule has 0 bridgehead atoms. The average molecular weight is 869 g/mol. The first-order valence-corrected chi connectivity index (χ1v) is 26.3. The van der Waals surface area contributed by atoms with Crippen LogP contribution < -0.4 is 9.47 Å². The maximum Gasteiger partial charge on any atom is 0.311 e. The van der Waals surface area contributed by atoms with Crippen LogP contribution in [0.5, 0.6) is 17.2 Å². The van der Waals surface area contributed by atoms with Crippen molar-refractivity contribution in [3.8, 4) is 17.2 Å². The fraction of sp³-hybridized carbons (Fsp3) is 0.655. The number of ether oxygens (including phenoxy) is 2. The molecule has 2 rings (SSSR count). The average Bonchev–Trinajstić information content (AvgIpc) is 3.27. The molecule has 0 saturated heterocycles. The van der Waals surface area contributed by atoms with E-state index < -0.39 is 0 Å². The molecule has 0 amide bonds. The van der Waals surface area contributed by atoms with E-state index in [1.165, 1.54) is 192 Å². The van der Waals surface area contributed by atoms with E-state index in [4.69, 9.17) is 9.47 Å². The smallest absolute Gasteiger partial charge is 0.311 e. The van der Waals surface area contributed by atoms with Gasteiger partial charge in [-0.05, 0) is 99.6 Å². The standard InChI is InChI=1S/C58H92O5/c1-3-5-7-9-11-13-15-17-19-21-23-25-27-29-31-33-35-37-39-41-57(60)62-55-47-45-52(46-48-55)43-44-53-49-54(59)51-56(50-53)63-58(61)42-40-38-36-34-32-30-28-26-24-22-20-18-16-14-12-10-8-6-4-2/h17-20,43-51,59H,3-16,21-42H2,1-2H3/b19-17-,20-18-,44-43?. The van der Waals surface area contributed by atoms with Crippen LogP contribution in [-0.2, 0) is 9.59 Å². The van der Waals surface area contributed by atoms with E-state index in [1.54, 1.807) is 24.3 Å². The van der Waals surface area contributed by atoms with Gasteiger partial charge in [-0.2, -0.15) is 0 Å². The van der Waals surface area contributed by atoms with Gasteiger partial charge in [-0.25, -0.2) is 0 Å². The summed E-state index contributed by atoms with van der Waals surface area (Å²) in [6.07, 6.45) is 57.3. The lowest BCUT2D eigenvalue weighted by Crippen LogP contribution is -2.07. The second-order valence-electron chi connectivity index (χ2n) is 18.1. The summed E-state index contributed by atoms with van der Waals surface area (Å²) in [5, 5.41) is 10.3. The molecule has 0 aliphatic carbocycles. The van der Waals surface area contributed by atoms with Gasteiger partial charge in [0.15, 0.2) is 0 Å². The lowest BCUT2D eigenvalue weighted by Gasteiger charge is -2.07. The van der Waals surface area contributed by atoms with Crippen molar-refractivity contribution >= 4 is 24.1 Å². The van der Waals surface area contributed by atoms with Gasteiger partial charge < -0.3 is 14.6 Å². The Balaban J connectivity index is 1.47. The Bertz CT molecular complexity index is 1470. The quantitative estimate of drug-likeness (QED) is 0.0237. The van der Waals surface area contributed by atoms with E-state index in [-0.39, 0.29) is 17.7 Å². The number of allylic oxidation sites excluding steroid dienone is 4. The highest BCUT2D eigenvalue weighted by Crippen LogP contribution is 2.25. The minimum atomic E-state index is -0.268. The number of phenols is 1.